The van der Waals surface area contributed by atoms with Crippen molar-refractivity contribution in [2.45, 2.75) is 19.8 Å². The minimum absolute atomic E-state index is 0.0376. The molecule has 0 aliphatic heterocycles. The molecule has 0 aliphatic rings. The number of hydrogen-bond donors (Lipinski definition) is 2. The van der Waals surface area contributed by atoms with Crippen LogP contribution in [0.2, 0.25) is 5.02 Å². The van der Waals surface area contributed by atoms with Gasteiger partial charge in [-0.3, -0.25) is 20.4 Å². The van der Waals surface area contributed by atoms with Crippen LogP contribution < -0.4 is 20.3 Å². The molecule has 0 heterocycles. The van der Waals surface area contributed by atoms with Crippen LogP contribution in [0.25, 0.3) is 0 Å². The van der Waals surface area contributed by atoms with Crippen molar-refractivity contribution in [1.82, 2.24) is 10.9 Å². The van der Waals surface area contributed by atoms with Crippen molar-refractivity contribution in [3.8, 4) is 11.5 Å². The number of unbranched alkanes of at least 4 members (excludes halogenated alkanes) is 1. The monoisotopic (exact) mass is 394 g/mol. The average Bonchev–Trinajstić information content (AvgIpc) is 2.66. The van der Waals surface area contributed by atoms with E-state index in [0.717, 1.165) is 25.0 Å². The third kappa shape index (κ3) is 5.59. The Morgan fingerprint density at radius 1 is 1.07 bits per heavy atom. The number of amides is 2. The van der Waals surface area contributed by atoms with E-state index in [4.69, 9.17) is 21.1 Å². The van der Waals surface area contributed by atoms with Crippen LogP contribution in [0.15, 0.2) is 36.4 Å². The van der Waals surface area contributed by atoms with Crippen molar-refractivity contribution < 1.29 is 23.5 Å². The van der Waals surface area contributed by atoms with Crippen LogP contribution in [0.5, 0.6) is 11.5 Å². The fourth-order valence-corrected chi connectivity index (χ4v) is 2.43. The first-order valence-corrected chi connectivity index (χ1v) is 8.70. The third-order valence-corrected chi connectivity index (χ3v) is 3.96. The van der Waals surface area contributed by atoms with Gasteiger partial charge >= 0.3 is 0 Å². The Labute approximate surface area is 161 Å². The van der Waals surface area contributed by atoms with Crippen molar-refractivity contribution >= 4 is 23.4 Å². The van der Waals surface area contributed by atoms with Crippen molar-refractivity contribution in [2.75, 3.05) is 13.7 Å². The van der Waals surface area contributed by atoms with E-state index in [0.29, 0.717) is 18.1 Å². The highest BCUT2D eigenvalue weighted by Gasteiger charge is 2.14. The van der Waals surface area contributed by atoms with Crippen molar-refractivity contribution in [3.63, 3.8) is 0 Å². The Morgan fingerprint density at radius 3 is 2.48 bits per heavy atom. The molecule has 0 spiro atoms. The fourth-order valence-electron chi connectivity index (χ4n) is 2.18. The fraction of sp³-hybridized carbons (Fsp3) is 0.263. The second-order valence-corrected chi connectivity index (χ2v) is 6.01. The van der Waals surface area contributed by atoms with E-state index in [1.165, 1.54) is 19.2 Å². The van der Waals surface area contributed by atoms with Gasteiger partial charge in [-0.25, -0.2) is 4.39 Å². The molecule has 0 bridgehead atoms. The maximum Gasteiger partial charge on any atom is 0.271 e. The van der Waals surface area contributed by atoms with Gasteiger partial charge in [-0.2, -0.15) is 0 Å². The molecule has 0 fully saturated rings. The SMILES string of the molecule is CCCCOc1ccc(C(=O)NNC(=O)c2ccc(F)cc2Cl)cc1OC. The van der Waals surface area contributed by atoms with E-state index in [2.05, 4.69) is 17.8 Å². The molecule has 2 N–H and O–H groups in total. The maximum absolute atomic E-state index is 13.0. The minimum Gasteiger partial charge on any atom is -0.493 e. The molecule has 8 heteroatoms. The summed E-state index contributed by atoms with van der Waals surface area (Å²) in [5.74, 6) is -0.843. The number of carbonyl (C=O) groups excluding carboxylic acids is 2. The summed E-state index contributed by atoms with van der Waals surface area (Å²) < 4.78 is 23.9. The van der Waals surface area contributed by atoms with Gasteiger partial charge in [0.2, 0.25) is 0 Å². The second kappa shape index (κ2) is 9.78. The smallest absolute Gasteiger partial charge is 0.271 e. The summed E-state index contributed by atoms with van der Waals surface area (Å²) in [6.07, 6.45) is 1.91. The van der Waals surface area contributed by atoms with E-state index in [9.17, 15) is 14.0 Å². The Hall–Kier alpha value is -2.80. The average molecular weight is 395 g/mol. The van der Waals surface area contributed by atoms with E-state index in [1.54, 1.807) is 12.1 Å². The molecule has 2 rings (SSSR count). The van der Waals surface area contributed by atoms with Crippen LogP contribution >= 0.6 is 11.6 Å². The zero-order chi connectivity index (χ0) is 19.8. The molecule has 6 nitrogen and oxygen atoms in total. The lowest BCUT2D eigenvalue weighted by Crippen LogP contribution is -2.41. The number of carbonyl (C=O) groups is 2. The lowest BCUT2D eigenvalue weighted by molar-refractivity contribution is 0.0846. The first-order chi connectivity index (χ1) is 13.0. The predicted octanol–water partition coefficient (Wildman–Crippen LogP) is 3.74. The Kier molecular flexibility index (Phi) is 7.43. The quantitative estimate of drug-likeness (QED) is 0.554. The predicted molar refractivity (Wildman–Crippen MR) is 99.7 cm³/mol. The van der Waals surface area contributed by atoms with Gasteiger partial charge in [0, 0.05) is 5.56 Å². The summed E-state index contributed by atoms with van der Waals surface area (Å²) in [6, 6.07) is 8.03. The zero-order valence-electron chi connectivity index (χ0n) is 15.0. The molecular weight excluding hydrogens is 375 g/mol. The molecular formula is C19H20ClFN2O4. The lowest BCUT2D eigenvalue weighted by Gasteiger charge is -2.12. The summed E-state index contributed by atoms with van der Waals surface area (Å²) in [4.78, 5) is 24.3. The Morgan fingerprint density at radius 2 is 1.81 bits per heavy atom. The van der Waals surface area contributed by atoms with Gasteiger partial charge in [0.05, 0.1) is 24.3 Å². The second-order valence-electron chi connectivity index (χ2n) is 5.60. The van der Waals surface area contributed by atoms with Crippen molar-refractivity contribution in [2.24, 2.45) is 0 Å². The van der Waals surface area contributed by atoms with Gasteiger partial charge < -0.3 is 9.47 Å². The molecule has 27 heavy (non-hydrogen) atoms. The normalized spacial score (nSPS) is 10.2. The van der Waals surface area contributed by atoms with Crippen LogP contribution in [-0.4, -0.2) is 25.5 Å². The first kappa shape index (κ1) is 20.5. The van der Waals surface area contributed by atoms with Crippen LogP contribution in [0.4, 0.5) is 4.39 Å². The summed E-state index contributed by atoms with van der Waals surface area (Å²) in [7, 11) is 1.47. The van der Waals surface area contributed by atoms with Gasteiger partial charge in [-0.05, 0) is 42.8 Å². The van der Waals surface area contributed by atoms with Crippen molar-refractivity contribution in [3.05, 3.63) is 58.4 Å². The number of halogens is 2. The number of hydrogen-bond acceptors (Lipinski definition) is 4. The van der Waals surface area contributed by atoms with Crippen LogP contribution in [0.3, 0.4) is 0 Å². The molecule has 0 saturated heterocycles. The summed E-state index contributed by atoms with van der Waals surface area (Å²) in [5, 5.41) is -0.0583. The van der Waals surface area contributed by atoms with Crippen LogP contribution in [0.1, 0.15) is 40.5 Å². The molecule has 0 unspecified atom stereocenters. The number of rotatable bonds is 7. The molecule has 0 aliphatic carbocycles. The number of ether oxygens (including phenoxy) is 2. The zero-order valence-corrected chi connectivity index (χ0v) is 15.7. The van der Waals surface area contributed by atoms with E-state index in [-0.39, 0.29) is 16.1 Å². The van der Waals surface area contributed by atoms with Gasteiger partial charge in [0.1, 0.15) is 5.82 Å². The molecule has 144 valence electrons. The van der Waals surface area contributed by atoms with Gasteiger partial charge in [-0.1, -0.05) is 24.9 Å². The number of methoxy groups -OCH3 is 1. The molecule has 2 aromatic carbocycles. The molecule has 0 saturated carbocycles. The molecule has 0 atom stereocenters. The minimum atomic E-state index is -0.667. The number of hydrazine groups is 1. The highest BCUT2D eigenvalue weighted by molar-refractivity contribution is 6.33. The molecule has 0 radical (unpaired) electrons. The van der Waals surface area contributed by atoms with E-state index >= 15 is 0 Å². The topological polar surface area (TPSA) is 76.7 Å². The van der Waals surface area contributed by atoms with Gasteiger partial charge in [0.15, 0.2) is 11.5 Å². The van der Waals surface area contributed by atoms with E-state index in [1.807, 2.05) is 0 Å². The van der Waals surface area contributed by atoms with Crippen molar-refractivity contribution in [1.29, 1.82) is 0 Å². The highest BCUT2D eigenvalue weighted by Crippen LogP contribution is 2.28. The number of benzene rings is 2. The van der Waals surface area contributed by atoms with E-state index < -0.39 is 17.6 Å². The summed E-state index contributed by atoms with van der Waals surface area (Å²) >= 11 is 5.82. The van der Waals surface area contributed by atoms with Crippen LogP contribution in [-0.2, 0) is 0 Å². The maximum atomic E-state index is 13.0. The van der Waals surface area contributed by atoms with Crippen LogP contribution in [0, 0.1) is 5.82 Å². The summed E-state index contributed by atoms with van der Waals surface area (Å²) in [5.41, 5.74) is 4.81. The molecule has 0 aromatic heterocycles. The molecule has 2 amide bonds. The summed E-state index contributed by atoms with van der Waals surface area (Å²) in [6.45, 7) is 2.61. The first-order valence-electron chi connectivity index (χ1n) is 8.32. The lowest BCUT2D eigenvalue weighted by atomic mass is 10.2. The van der Waals surface area contributed by atoms with Gasteiger partial charge in [-0.15, -0.1) is 0 Å². The number of nitrogens with one attached hydrogen (secondary N) is 2. The largest absolute Gasteiger partial charge is 0.493 e. The molecule has 2 aromatic rings. The third-order valence-electron chi connectivity index (χ3n) is 3.65. The highest BCUT2D eigenvalue weighted by atomic mass is 35.5. The Balaban J connectivity index is 2.01. The Bertz CT molecular complexity index is 829. The standard InChI is InChI=1S/C19H20ClFN2O4/c1-3-4-9-27-16-8-5-12(10-17(16)26-2)18(24)22-23-19(25)14-7-6-13(21)11-15(14)20/h5-8,10-11H,3-4,9H2,1-2H3,(H,22,24)(H,23,25). The van der Waals surface area contributed by atoms with Gasteiger partial charge in [0.25, 0.3) is 11.8 Å².